The summed E-state index contributed by atoms with van der Waals surface area (Å²) in [6.45, 7) is 5.93. The Morgan fingerprint density at radius 3 is 2.49 bits per heavy atom. The molecule has 0 radical (unpaired) electrons. The zero-order valence-corrected chi connectivity index (χ0v) is 20.4. The molecule has 0 aromatic heterocycles. The van der Waals surface area contributed by atoms with E-state index >= 15 is 0 Å². The minimum absolute atomic E-state index is 0.0434. The normalized spacial score (nSPS) is 30.6. The van der Waals surface area contributed by atoms with Crippen molar-refractivity contribution in [1.82, 2.24) is 9.80 Å². The van der Waals surface area contributed by atoms with Crippen molar-refractivity contribution in [3.8, 4) is 5.75 Å². The van der Waals surface area contributed by atoms with Gasteiger partial charge in [0.1, 0.15) is 17.1 Å². The number of amides is 2. The number of likely N-dealkylation sites (tertiary alicyclic amines) is 1. The van der Waals surface area contributed by atoms with Crippen LogP contribution in [-0.4, -0.2) is 85.3 Å². The number of nitrogens with zero attached hydrogens (tertiary/aromatic N) is 3. The second-order valence-corrected chi connectivity index (χ2v) is 10.1. The molecule has 2 heterocycles. The summed E-state index contributed by atoms with van der Waals surface area (Å²) < 4.78 is 11.1. The van der Waals surface area contributed by atoms with Gasteiger partial charge in [0.2, 0.25) is 11.8 Å². The number of para-hydroxylation sites is 2. The van der Waals surface area contributed by atoms with E-state index < -0.39 is 29.3 Å². The highest BCUT2D eigenvalue weighted by Crippen LogP contribution is 2.55. The van der Waals surface area contributed by atoms with Gasteiger partial charge in [0, 0.05) is 52.0 Å². The number of carbonyl (C=O) groups is 4. The first-order valence-electron chi connectivity index (χ1n) is 12.5. The topological polar surface area (TPSA) is 96.5 Å². The van der Waals surface area contributed by atoms with E-state index in [1.54, 1.807) is 7.11 Å². The Labute approximate surface area is 205 Å². The lowest BCUT2D eigenvalue weighted by Crippen LogP contribution is -2.60. The molecular formula is C26H33N3O6. The van der Waals surface area contributed by atoms with Crippen LogP contribution < -0.4 is 9.64 Å². The number of fused-ring (bicyclic) bond motifs is 2. The van der Waals surface area contributed by atoms with Crippen LogP contribution in [0, 0.1) is 17.8 Å². The molecule has 3 aliphatic carbocycles. The summed E-state index contributed by atoms with van der Waals surface area (Å²) in [4.78, 5) is 57.0. The molecule has 0 N–H and O–H groups in total. The molecule has 3 saturated carbocycles. The van der Waals surface area contributed by atoms with Crippen LogP contribution in [0.3, 0.4) is 0 Å². The number of imide groups is 1. The van der Waals surface area contributed by atoms with E-state index in [0.29, 0.717) is 25.8 Å². The molecule has 1 aromatic carbocycles. The third-order valence-corrected chi connectivity index (χ3v) is 8.21. The number of Topliss-reactive ketones (excluding diaryl/α,β-unsaturated/α-hetero) is 1. The van der Waals surface area contributed by atoms with Crippen molar-refractivity contribution in [2.45, 2.75) is 38.2 Å². The van der Waals surface area contributed by atoms with Gasteiger partial charge in [-0.25, -0.2) is 0 Å². The highest BCUT2D eigenvalue weighted by atomic mass is 16.6. The van der Waals surface area contributed by atoms with Crippen molar-refractivity contribution in [1.29, 1.82) is 0 Å². The van der Waals surface area contributed by atoms with Gasteiger partial charge in [0.15, 0.2) is 0 Å². The molecule has 35 heavy (non-hydrogen) atoms. The smallest absolute Gasteiger partial charge is 0.303 e. The van der Waals surface area contributed by atoms with Gasteiger partial charge in [0.05, 0.1) is 24.6 Å². The Morgan fingerprint density at radius 1 is 1.06 bits per heavy atom. The fourth-order valence-corrected chi connectivity index (χ4v) is 6.64. The number of benzene rings is 1. The minimum Gasteiger partial charge on any atom is -0.495 e. The van der Waals surface area contributed by atoms with Crippen LogP contribution in [0.5, 0.6) is 5.75 Å². The SMILES string of the molecule is COc1ccccc1N1CCN(CCCN2C(=O)C3C4CCC(OC(C)=O)(CC4=O)C3C2=O)CC1. The number of esters is 1. The molecule has 2 amide bonds. The number of rotatable bonds is 7. The summed E-state index contributed by atoms with van der Waals surface area (Å²) in [5.74, 6) is -2.08. The van der Waals surface area contributed by atoms with Gasteiger partial charge in [-0.2, -0.15) is 0 Å². The maximum Gasteiger partial charge on any atom is 0.303 e. The molecule has 9 nitrogen and oxygen atoms in total. The van der Waals surface area contributed by atoms with Crippen molar-refractivity contribution in [3.63, 3.8) is 0 Å². The van der Waals surface area contributed by atoms with E-state index in [1.807, 2.05) is 18.2 Å². The van der Waals surface area contributed by atoms with Crippen molar-refractivity contribution in [2.24, 2.45) is 17.8 Å². The predicted molar refractivity (Wildman–Crippen MR) is 127 cm³/mol. The van der Waals surface area contributed by atoms with E-state index in [9.17, 15) is 19.2 Å². The van der Waals surface area contributed by atoms with E-state index in [-0.39, 0.29) is 24.0 Å². The molecule has 2 bridgehead atoms. The Hall–Kier alpha value is -2.94. The van der Waals surface area contributed by atoms with Crippen LogP contribution in [0.15, 0.2) is 24.3 Å². The highest BCUT2D eigenvalue weighted by molar-refractivity contribution is 6.09. The van der Waals surface area contributed by atoms with Crippen LogP contribution in [0.1, 0.15) is 32.6 Å². The lowest BCUT2D eigenvalue weighted by molar-refractivity contribution is -0.189. The Balaban J connectivity index is 1.18. The fourth-order valence-electron chi connectivity index (χ4n) is 6.64. The van der Waals surface area contributed by atoms with Crippen LogP contribution in [0.4, 0.5) is 5.69 Å². The molecule has 5 aliphatic rings. The zero-order chi connectivity index (χ0) is 24.7. The molecule has 6 rings (SSSR count). The summed E-state index contributed by atoms with van der Waals surface area (Å²) in [6.07, 6.45) is 1.68. The first kappa shape index (κ1) is 23.8. The molecule has 4 atom stereocenters. The fraction of sp³-hybridized carbons (Fsp3) is 0.615. The van der Waals surface area contributed by atoms with Crippen molar-refractivity contribution < 1.29 is 28.7 Å². The first-order valence-corrected chi connectivity index (χ1v) is 12.5. The second-order valence-electron chi connectivity index (χ2n) is 10.1. The molecular weight excluding hydrogens is 450 g/mol. The molecule has 2 saturated heterocycles. The third-order valence-electron chi connectivity index (χ3n) is 8.21. The average molecular weight is 484 g/mol. The van der Waals surface area contributed by atoms with Gasteiger partial charge in [0.25, 0.3) is 0 Å². The lowest BCUT2D eigenvalue weighted by Gasteiger charge is -2.49. The predicted octanol–water partition coefficient (Wildman–Crippen LogP) is 1.49. The van der Waals surface area contributed by atoms with Crippen molar-refractivity contribution in [2.75, 3.05) is 51.3 Å². The summed E-state index contributed by atoms with van der Waals surface area (Å²) in [5.41, 5.74) is -0.0602. The van der Waals surface area contributed by atoms with Crippen molar-refractivity contribution >= 4 is 29.3 Å². The molecule has 0 spiro atoms. The van der Waals surface area contributed by atoms with Gasteiger partial charge < -0.3 is 14.4 Å². The van der Waals surface area contributed by atoms with Gasteiger partial charge in [-0.1, -0.05) is 12.1 Å². The molecule has 2 aliphatic heterocycles. The summed E-state index contributed by atoms with van der Waals surface area (Å²) in [5, 5.41) is 0. The maximum absolute atomic E-state index is 13.3. The highest BCUT2D eigenvalue weighted by Gasteiger charge is 2.68. The quantitative estimate of drug-likeness (QED) is 0.425. The zero-order valence-electron chi connectivity index (χ0n) is 20.4. The molecule has 1 aromatic rings. The molecule has 4 unspecified atom stereocenters. The van der Waals surface area contributed by atoms with Gasteiger partial charge >= 0.3 is 5.97 Å². The van der Waals surface area contributed by atoms with E-state index in [4.69, 9.17) is 9.47 Å². The third kappa shape index (κ3) is 4.09. The largest absolute Gasteiger partial charge is 0.495 e. The number of ketones is 1. The number of hydrogen-bond acceptors (Lipinski definition) is 8. The van der Waals surface area contributed by atoms with Gasteiger partial charge in [-0.05, 0) is 37.9 Å². The van der Waals surface area contributed by atoms with E-state index in [2.05, 4.69) is 15.9 Å². The Morgan fingerprint density at radius 2 is 1.80 bits per heavy atom. The summed E-state index contributed by atoms with van der Waals surface area (Å²) in [6, 6.07) is 8.01. The van der Waals surface area contributed by atoms with E-state index in [0.717, 1.165) is 44.2 Å². The van der Waals surface area contributed by atoms with Crippen LogP contribution >= 0.6 is 0 Å². The first-order chi connectivity index (χ1) is 16.8. The minimum atomic E-state index is -1.15. The van der Waals surface area contributed by atoms with Crippen LogP contribution in [0.2, 0.25) is 0 Å². The molecule has 9 heteroatoms. The number of hydrogen-bond donors (Lipinski definition) is 0. The Kier molecular flexibility index (Phi) is 6.29. The van der Waals surface area contributed by atoms with E-state index in [1.165, 1.54) is 11.8 Å². The average Bonchev–Trinajstić information content (AvgIpc) is 3.11. The summed E-state index contributed by atoms with van der Waals surface area (Å²) >= 11 is 0. The molecule has 5 fully saturated rings. The van der Waals surface area contributed by atoms with Gasteiger partial charge in [-0.3, -0.25) is 29.0 Å². The number of anilines is 1. The van der Waals surface area contributed by atoms with Crippen LogP contribution in [0.25, 0.3) is 0 Å². The summed E-state index contributed by atoms with van der Waals surface area (Å²) in [7, 11) is 1.68. The maximum atomic E-state index is 13.3. The monoisotopic (exact) mass is 483 g/mol. The van der Waals surface area contributed by atoms with Crippen LogP contribution in [-0.2, 0) is 23.9 Å². The second kappa shape index (κ2) is 9.26. The lowest BCUT2D eigenvalue weighted by atomic mass is 9.56. The van der Waals surface area contributed by atoms with Gasteiger partial charge in [-0.15, -0.1) is 0 Å². The number of piperazine rings is 1. The number of ether oxygens (including phenoxy) is 2. The Bertz CT molecular complexity index is 1030. The molecule has 188 valence electrons. The number of carbonyl (C=O) groups excluding carboxylic acids is 4. The standard InChI is InChI=1S/C26H33N3O6/c1-17(30)35-26-9-8-18(20(31)16-26)22-23(26)25(33)29(24(22)32)11-5-10-27-12-14-28(15-13-27)19-6-3-4-7-21(19)34-2/h3-4,6-7,18,22-23H,5,8-16H2,1-2H3. The number of methoxy groups -OCH3 is 1. The van der Waals surface area contributed by atoms with Crippen molar-refractivity contribution in [3.05, 3.63) is 24.3 Å².